The first-order valence-corrected chi connectivity index (χ1v) is 5.85. The molecular formula is C14H12N4O. The molecule has 3 aromatic rings. The van der Waals surface area contributed by atoms with Crippen LogP contribution in [-0.2, 0) is 0 Å². The number of aromatic amines is 1. The van der Waals surface area contributed by atoms with Gasteiger partial charge in [-0.05, 0) is 33.7 Å². The zero-order valence-electron chi connectivity index (χ0n) is 10.4. The lowest BCUT2D eigenvalue weighted by Gasteiger charge is -2.04. The number of tetrazole rings is 1. The van der Waals surface area contributed by atoms with Gasteiger partial charge in [0.05, 0.1) is 7.11 Å². The molecular weight excluding hydrogens is 240 g/mol. The van der Waals surface area contributed by atoms with Crippen molar-refractivity contribution in [1.29, 1.82) is 0 Å². The number of aromatic nitrogens is 4. The fraction of sp³-hybridized carbons (Fsp3) is 0.0714. The summed E-state index contributed by atoms with van der Waals surface area (Å²) in [6.07, 6.45) is 0. The lowest BCUT2D eigenvalue weighted by Crippen LogP contribution is -1.84. The smallest absolute Gasteiger partial charge is 0.179 e. The predicted octanol–water partition coefficient (Wildman–Crippen LogP) is 2.54. The maximum Gasteiger partial charge on any atom is 0.179 e. The molecule has 0 saturated carbocycles. The number of nitrogens with zero attached hydrogens (tertiary/aromatic N) is 3. The molecule has 19 heavy (non-hydrogen) atoms. The Morgan fingerprint density at radius 1 is 0.842 bits per heavy atom. The van der Waals surface area contributed by atoms with Crippen LogP contribution < -0.4 is 4.74 Å². The molecule has 5 nitrogen and oxygen atoms in total. The Hall–Kier alpha value is -2.69. The van der Waals surface area contributed by atoms with Crippen LogP contribution in [0.15, 0.2) is 48.5 Å². The minimum atomic E-state index is 0.668. The topological polar surface area (TPSA) is 63.7 Å². The summed E-state index contributed by atoms with van der Waals surface area (Å²) in [5.74, 6) is 1.52. The second-order valence-corrected chi connectivity index (χ2v) is 4.06. The van der Waals surface area contributed by atoms with Gasteiger partial charge < -0.3 is 4.74 Å². The van der Waals surface area contributed by atoms with E-state index in [1.165, 1.54) is 0 Å². The lowest BCUT2D eigenvalue weighted by atomic mass is 10.0. The van der Waals surface area contributed by atoms with Crippen molar-refractivity contribution in [2.45, 2.75) is 0 Å². The molecule has 0 radical (unpaired) electrons. The van der Waals surface area contributed by atoms with Crippen molar-refractivity contribution in [3.05, 3.63) is 48.5 Å². The third kappa shape index (κ3) is 2.30. The van der Waals surface area contributed by atoms with Crippen molar-refractivity contribution in [2.24, 2.45) is 0 Å². The van der Waals surface area contributed by atoms with Gasteiger partial charge in [-0.3, -0.25) is 0 Å². The molecule has 0 fully saturated rings. The van der Waals surface area contributed by atoms with Crippen LogP contribution in [0.3, 0.4) is 0 Å². The highest BCUT2D eigenvalue weighted by Gasteiger charge is 2.03. The second-order valence-electron chi connectivity index (χ2n) is 4.06. The molecule has 0 atom stereocenters. The molecule has 0 aliphatic rings. The minimum absolute atomic E-state index is 0.668. The van der Waals surface area contributed by atoms with E-state index in [1.54, 1.807) is 7.11 Å². The van der Waals surface area contributed by atoms with Gasteiger partial charge in [-0.15, -0.1) is 5.10 Å². The molecule has 0 bridgehead atoms. The summed E-state index contributed by atoms with van der Waals surface area (Å²) < 4.78 is 5.15. The van der Waals surface area contributed by atoms with Crippen LogP contribution in [0.2, 0.25) is 0 Å². The van der Waals surface area contributed by atoms with Gasteiger partial charge in [0.1, 0.15) is 5.75 Å². The van der Waals surface area contributed by atoms with Gasteiger partial charge in [0.2, 0.25) is 0 Å². The SMILES string of the molecule is COc1ccc(-c2ccc(-c3nnn[nH]3)cc2)cc1. The summed E-state index contributed by atoms with van der Waals surface area (Å²) in [6, 6.07) is 16.0. The van der Waals surface area contributed by atoms with Gasteiger partial charge >= 0.3 is 0 Å². The molecule has 1 aromatic heterocycles. The fourth-order valence-electron chi connectivity index (χ4n) is 1.89. The molecule has 1 N–H and O–H groups in total. The highest BCUT2D eigenvalue weighted by Crippen LogP contribution is 2.24. The number of hydrogen-bond donors (Lipinski definition) is 1. The molecule has 0 amide bonds. The van der Waals surface area contributed by atoms with Crippen molar-refractivity contribution in [3.63, 3.8) is 0 Å². The van der Waals surface area contributed by atoms with Gasteiger partial charge in [-0.1, -0.05) is 36.4 Å². The molecule has 0 aliphatic heterocycles. The third-order valence-corrected chi connectivity index (χ3v) is 2.93. The quantitative estimate of drug-likeness (QED) is 0.778. The first-order valence-electron chi connectivity index (χ1n) is 5.85. The van der Waals surface area contributed by atoms with Crippen LogP contribution in [0.1, 0.15) is 0 Å². The van der Waals surface area contributed by atoms with Gasteiger partial charge in [0.25, 0.3) is 0 Å². The summed E-state index contributed by atoms with van der Waals surface area (Å²) in [6.45, 7) is 0. The Bertz CT molecular complexity index is 645. The fourth-order valence-corrected chi connectivity index (χ4v) is 1.89. The highest BCUT2D eigenvalue weighted by atomic mass is 16.5. The Kier molecular flexibility index (Phi) is 2.94. The van der Waals surface area contributed by atoms with Crippen molar-refractivity contribution >= 4 is 0 Å². The summed E-state index contributed by atoms with van der Waals surface area (Å²) in [5, 5.41) is 13.7. The first-order chi connectivity index (χ1) is 9.36. The van der Waals surface area contributed by atoms with Crippen molar-refractivity contribution < 1.29 is 4.74 Å². The Labute approximate surface area is 110 Å². The van der Waals surface area contributed by atoms with Crippen LogP contribution in [0.5, 0.6) is 5.75 Å². The molecule has 1 heterocycles. The number of H-pyrrole nitrogens is 1. The Morgan fingerprint density at radius 3 is 1.95 bits per heavy atom. The third-order valence-electron chi connectivity index (χ3n) is 2.93. The zero-order valence-corrected chi connectivity index (χ0v) is 10.4. The number of benzene rings is 2. The zero-order chi connectivity index (χ0) is 13.1. The standard InChI is InChI=1S/C14H12N4O/c1-19-13-8-6-11(7-9-13)10-2-4-12(5-3-10)14-15-17-18-16-14/h2-9H,1H3,(H,15,16,17,18). The van der Waals surface area contributed by atoms with Gasteiger partial charge in [0.15, 0.2) is 5.82 Å². The van der Waals surface area contributed by atoms with E-state index >= 15 is 0 Å². The lowest BCUT2D eigenvalue weighted by molar-refractivity contribution is 0.415. The van der Waals surface area contributed by atoms with E-state index in [-0.39, 0.29) is 0 Å². The van der Waals surface area contributed by atoms with Gasteiger partial charge in [-0.25, -0.2) is 5.10 Å². The van der Waals surface area contributed by atoms with Crippen LogP contribution in [0.4, 0.5) is 0 Å². The molecule has 2 aromatic carbocycles. The van der Waals surface area contributed by atoms with Crippen molar-refractivity contribution in [3.8, 4) is 28.3 Å². The van der Waals surface area contributed by atoms with E-state index in [2.05, 4.69) is 20.6 Å². The Morgan fingerprint density at radius 2 is 1.42 bits per heavy atom. The summed E-state index contributed by atoms with van der Waals surface area (Å²) >= 11 is 0. The average molecular weight is 252 g/mol. The molecule has 94 valence electrons. The number of hydrogen-bond acceptors (Lipinski definition) is 4. The Balaban J connectivity index is 1.89. The van der Waals surface area contributed by atoms with E-state index in [0.29, 0.717) is 5.82 Å². The van der Waals surface area contributed by atoms with Crippen LogP contribution in [-0.4, -0.2) is 27.7 Å². The normalized spacial score (nSPS) is 10.4. The molecule has 3 rings (SSSR count). The van der Waals surface area contributed by atoms with E-state index in [4.69, 9.17) is 4.74 Å². The summed E-state index contributed by atoms with van der Waals surface area (Å²) in [4.78, 5) is 0. The van der Waals surface area contributed by atoms with Gasteiger partial charge in [-0.2, -0.15) is 0 Å². The molecule has 0 spiro atoms. The molecule has 0 unspecified atom stereocenters. The maximum atomic E-state index is 5.15. The molecule has 0 saturated heterocycles. The first kappa shape index (κ1) is 11.4. The van der Waals surface area contributed by atoms with Crippen molar-refractivity contribution in [1.82, 2.24) is 20.6 Å². The largest absolute Gasteiger partial charge is 0.497 e. The van der Waals surface area contributed by atoms with E-state index in [0.717, 1.165) is 22.4 Å². The summed E-state index contributed by atoms with van der Waals surface area (Å²) in [7, 11) is 1.66. The van der Waals surface area contributed by atoms with E-state index < -0.39 is 0 Å². The number of nitrogens with one attached hydrogen (secondary N) is 1. The molecule has 0 aliphatic carbocycles. The van der Waals surface area contributed by atoms with Crippen LogP contribution in [0.25, 0.3) is 22.5 Å². The number of ether oxygens (including phenoxy) is 1. The number of methoxy groups -OCH3 is 1. The summed E-state index contributed by atoms with van der Waals surface area (Å²) in [5.41, 5.74) is 3.24. The predicted molar refractivity (Wildman–Crippen MR) is 71.6 cm³/mol. The number of rotatable bonds is 3. The monoisotopic (exact) mass is 252 g/mol. The maximum absolute atomic E-state index is 5.15. The van der Waals surface area contributed by atoms with E-state index in [9.17, 15) is 0 Å². The van der Waals surface area contributed by atoms with Crippen LogP contribution in [0, 0.1) is 0 Å². The average Bonchev–Trinajstić information content (AvgIpc) is 3.02. The highest BCUT2D eigenvalue weighted by molar-refractivity contribution is 5.67. The molecule has 5 heteroatoms. The minimum Gasteiger partial charge on any atom is -0.497 e. The second kappa shape index (κ2) is 4.89. The van der Waals surface area contributed by atoms with E-state index in [1.807, 2.05) is 48.5 Å². The van der Waals surface area contributed by atoms with Crippen LogP contribution >= 0.6 is 0 Å². The van der Waals surface area contributed by atoms with Crippen molar-refractivity contribution in [2.75, 3.05) is 7.11 Å². The van der Waals surface area contributed by atoms with Gasteiger partial charge in [0, 0.05) is 5.56 Å².